The number of nitrogens with zero attached hydrogens (tertiary/aromatic N) is 4. The van der Waals surface area contributed by atoms with Gasteiger partial charge in [0.05, 0.1) is 35.5 Å². The van der Waals surface area contributed by atoms with E-state index in [-0.39, 0.29) is 23.4 Å². The first-order valence-corrected chi connectivity index (χ1v) is 11.4. The van der Waals surface area contributed by atoms with Crippen LogP contribution in [0.1, 0.15) is 71.7 Å². The van der Waals surface area contributed by atoms with Gasteiger partial charge in [0, 0.05) is 24.1 Å². The molecule has 2 aromatic rings. The summed E-state index contributed by atoms with van der Waals surface area (Å²) in [6, 6.07) is 8.85. The van der Waals surface area contributed by atoms with Crippen LogP contribution >= 0.6 is 0 Å². The molecule has 33 heavy (non-hydrogen) atoms. The highest BCUT2D eigenvalue weighted by Gasteiger charge is 2.37. The first kappa shape index (κ1) is 22.9. The number of aryl methyl sites for hydroxylation is 1. The van der Waals surface area contributed by atoms with Crippen molar-refractivity contribution in [3.05, 3.63) is 63.7 Å². The number of hydrogen-bond acceptors (Lipinski definition) is 5. The van der Waals surface area contributed by atoms with Gasteiger partial charge in [-0.25, -0.2) is 9.45 Å². The second-order valence-electron chi connectivity index (χ2n) is 9.10. The summed E-state index contributed by atoms with van der Waals surface area (Å²) in [5.41, 5.74) is 3.63. The number of halogens is 1. The van der Waals surface area contributed by atoms with Crippen molar-refractivity contribution < 1.29 is 14.0 Å². The minimum Gasteiger partial charge on any atom is -0.272 e. The summed E-state index contributed by atoms with van der Waals surface area (Å²) >= 11 is 0. The molecule has 1 aromatic carbocycles. The Morgan fingerprint density at radius 2 is 1.85 bits per heavy atom. The zero-order valence-electron chi connectivity index (χ0n) is 19.0. The van der Waals surface area contributed by atoms with Crippen LogP contribution in [0.4, 0.5) is 4.39 Å². The Bertz CT molecular complexity index is 1140. The second kappa shape index (κ2) is 9.68. The molecule has 4 rings (SSSR count). The molecule has 1 saturated heterocycles. The van der Waals surface area contributed by atoms with Gasteiger partial charge in [-0.15, -0.1) is 0 Å². The van der Waals surface area contributed by atoms with E-state index in [4.69, 9.17) is 4.84 Å². The van der Waals surface area contributed by atoms with Crippen molar-refractivity contribution in [2.24, 2.45) is 11.8 Å². The van der Waals surface area contributed by atoms with E-state index in [1.54, 1.807) is 13.0 Å². The lowest BCUT2D eigenvalue weighted by Crippen LogP contribution is -2.36. The van der Waals surface area contributed by atoms with Crippen LogP contribution in [0.3, 0.4) is 0 Å². The Morgan fingerprint density at radius 1 is 1.12 bits per heavy atom. The van der Waals surface area contributed by atoms with Crippen LogP contribution in [0.5, 0.6) is 0 Å². The lowest BCUT2D eigenvalue weighted by atomic mass is 9.79. The average Bonchev–Trinajstić information content (AvgIpc) is 3.32. The molecule has 2 fully saturated rings. The van der Waals surface area contributed by atoms with Crippen LogP contribution in [0.2, 0.25) is 0 Å². The number of hydrogen-bond donors (Lipinski definition) is 0. The molecule has 1 atom stereocenters. The Balaban J connectivity index is 1.40. The van der Waals surface area contributed by atoms with Crippen LogP contribution in [0, 0.1) is 54.2 Å². The van der Waals surface area contributed by atoms with Crippen molar-refractivity contribution >= 4 is 5.91 Å². The molecule has 0 unspecified atom stereocenters. The molecule has 0 spiro atoms. The molecule has 2 heterocycles. The zero-order valence-corrected chi connectivity index (χ0v) is 19.0. The number of rotatable bonds is 4. The van der Waals surface area contributed by atoms with E-state index >= 15 is 0 Å². The Hall–Kier alpha value is -3.29. The molecule has 1 aromatic heterocycles. The summed E-state index contributed by atoms with van der Waals surface area (Å²) in [4.78, 5) is 23.3. The quantitative estimate of drug-likeness (QED) is 0.671. The summed E-state index contributed by atoms with van der Waals surface area (Å²) in [5, 5.41) is 20.0. The molecule has 1 saturated carbocycles. The number of carbonyl (C=O) groups is 1. The largest absolute Gasteiger partial charge is 0.272 e. The summed E-state index contributed by atoms with van der Waals surface area (Å²) in [6.45, 7) is 3.81. The molecule has 0 N–H and O–H groups in total. The van der Waals surface area contributed by atoms with Crippen LogP contribution < -0.4 is 0 Å². The van der Waals surface area contributed by atoms with Crippen molar-refractivity contribution in [1.29, 1.82) is 10.5 Å². The highest BCUT2D eigenvalue weighted by molar-refractivity contribution is 5.78. The molecule has 2 aliphatic rings. The minimum absolute atomic E-state index is 0.0563. The molecule has 1 aliphatic heterocycles. The Labute approximate surface area is 193 Å². The maximum absolute atomic E-state index is 14.3. The Kier molecular flexibility index (Phi) is 6.72. The third-order valence-electron chi connectivity index (χ3n) is 6.98. The first-order chi connectivity index (χ1) is 15.9. The van der Waals surface area contributed by atoms with E-state index in [0.717, 1.165) is 43.4 Å². The summed E-state index contributed by atoms with van der Waals surface area (Å²) in [5.74, 6) is -0.170. The maximum Gasteiger partial charge on any atom is 0.249 e. The van der Waals surface area contributed by atoms with Gasteiger partial charge in [-0.3, -0.25) is 14.6 Å². The van der Waals surface area contributed by atoms with Gasteiger partial charge in [0.1, 0.15) is 11.9 Å². The van der Waals surface area contributed by atoms with Crippen LogP contribution in [0.15, 0.2) is 24.4 Å². The number of nitriles is 2. The summed E-state index contributed by atoms with van der Waals surface area (Å²) in [7, 11) is 0. The van der Waals surface area contributed by atoms with Gasteiger partial charge >= 0.3 is 0 Å². The maximum atomic E-state index is 14.3. The van der Waals surface area contributed by atoms with Crippen LogP contribution in [0.25, 0.3) is 0 Å². The highest BCUT2D eigenvalue weighted by Crippen LogP contribution is 2.37. The minimum atomic E-state index is -0.436. The second-order valence-corrected chi connectivity index (χ2v) is 9.10. The molecule has 1 amide bonds. The van der Waals surface area contributed by atoms with E-state index in [1.165, 1.54) is 11.1 Å². The number of hydroxylamine groups is 2. The lowest BCUT2D eigenvalue weighted by Gasteiger charge is -2.32. The number of benzene rings is 1. The van der Waals surface area contributed by atoms with Crippen molar-refractivity contribution in [2.45, 2.75) is 58.4 Å². The highest BCUT2D eigenvalue weighted by atomic mass is 19.1. The van der Waals surface area contributed by atoms with Gasteiger partial charge < -0.3 is 0 Å². The Morgan fingerprint density at radius 3 is 2.55 bits per heavy atom. The van der Waals surface area contributed by atoms with Crippen LogP contribution in [-0.2, 0) is 16.1 Å². The molecule has 0 radical (unpaired) electrons. The van der Waals surface area contributed by atoms with E-state index in [2.05, 4.69) is 11.1 Å². The van der Waals surface area contributed by atoms with Gasteiger partial charge in [-0.2, -0.15) is 10.5 Å². The van der Waals surface area contributed by atoms with E-state index < -0.39 is 5.82 Å². The first-order valence-electron chi connectivity index (χ1n) is 11.4. The normalized spacial score (nSPS) is 22.6. The number of amides is 1. The third-order valence-corrected chi connectivity index (χ3v) is 6.98. The van der Waals surface area contributed by atoms with Gasteiger partial charge in [0.15, 0.2) is 0 Å². The van der Waals surface area contributed by atoms with E-state index in [0.29, 0.717) is 35.6 Å². The third kappa shape index (κ3) is 4.74. The fraction of sp³-hybridized carbons (Fsp3) is 0.462. The van der Waals surface area contributed by atoms with Crippen molar-refractivity contribution in [3.8, 4) is 12.1 Å². The molecule has 7 heteroatoms. The van der Waals surface area contributed by atoms with Crippen molar-refractivity contribution in [2.75, 3.05) is 6.61 Å². The number of carbonyl (C=O) groups excluding carboxylic acids is 1. The lowest BCUT2D eigenvalue weighted by molar-refractivity contribution is -0.183. The smallest absolute Gasteiger partial charge is 0.249 e. The van der Waals surface area contributed by atoms with Crippen molar-refractivity contribution in [1.82, 2.24) is 10.0 Å². The van der Waals surface area contributed by atoms with Gasteiger partial charge in [0.2, 0.25) is 5.91 Å². The van der Waals surface area contributed by atoms with Gasteiger partial charge in [-0.05, 0) is 81.2 Å². The molecule has 1 aliphatic carbocycles. The molecule has 6 nitrogen and oxygen atoms in total. The number of aromatic nitrogens is 1. The predicted octanol–water partition coefficient (Wildman–Crippen LogP) is 4.84. The zero-order chi connectivity index (χ0) is 23.5. The fourth-order valence-electron chi connectivity index (χ4n) is 4.93. The average molecular weight is 447 g/mol. The summed E-state index contributed by atoms with van der Waals surface area (Å²) < 4.78 is 14.3. The standard InChI is InChI=1S/C26H27FN4O2/c1-16-22(13-28)11-21(12-24(16)27)25-7-8-33-31(25)26(32)20-5-3-18(4-6-20)9-19-10-23(14-29)17(2)30-15-19/h10-12,15,18,20,25H,3-9H2,1-2H3/t18?,20?,25-/m0/s1. The monoisotopic (exact) mass is 446 g/mol. The number of pyridine rings is 1. The summed E-state index contributed by atoms with van der Waals surface area (Å²) in [6.07, 6.45) is 6.65. The predicted molar refractivity (Wildman–Crippen MR) is 119 cm³/mol. The van der Waals surface area contributed by atoms with Crippen molar-refractivity contribution in [3.63, 3.8) is 0 Å². The topological polar surface area (TPSA) is 90.0 Å². The van der Waals surface area contributed by atoms with Crippen LogP contribution in [-0.4, -0.2) is 22.6 Å². The fourth-order valence-corrected chi connectivity index (χ4v) is 4.93. The van der Waals surface area contributed by atoms with Gasteiger partial charge in [-0.1, -0.05) is 0 Å². The van der Waals surface area contributed by atoms with E-state index in [9.17, 15) is 19.7 Å². The van der Waals surface area contributed by atoms with Gasteiger partial charge in [0.25, 0.3) is 0 Å². The molecule has 170 valence electrons. The molecular formula is C26H27FN4O2. The molecule has 0 bridgehead atoms. The van der Waals surface area contributed by atoms with E-state index in [1.807, 2.05) is 25.3 Å². The molecular weight excluding hydrogens is 419 g/mol. The SMILES string of the molecule is Cc1ncc(CC2CCC(C(=O)N3OCC[C@H]3c3cc(F)c(C)c(C#N)c3)CC2)cc1C#N.